The minimum absolute atomic E-state index is 0.230. The molecule has 0 aromatic heterocycles. The molecule has 0 spiro atoms. The Morgan fingerprint density at radius 3 is 2.50 bits per heavy atom. The van der Waals surface area contributed by atoms with Crippen molar-refractivity contribution in [2.45, 2.75) is 70.6 Å². The first-order valence-electron chi connectivity index (χ1n) is 8.98. The fraction of sp³-hybridized carbons (Fsp3) is 0.600. The highest BCUT2D eigenvalue weighted by Crippen LogP contribution is 2.42. The van der Waals surface area contributed by atoms with Crippen LogP contribution < -0.4 is 5.73 Å². The lowest BCUT2D eigenvalue weighted by Gasteiger charge is -2.39. The molecule has 1 rings (SSSR count). The van der Waals surface area contributed by atoms with Crippen LogP contribution in [0.4, 0.5) is 4.39 Å². The summed E-state index contributed by atoms with van der Waals surface area (Å²) in [6.07, 6.45) is 5.01. The smallest absolute Gasteiger partial charge is 0.192 e. The molecule has 0 aliphatic carbocycles. The van der Waals surface area contributed by atoms with Crippen molar-refractivity contribution < 1.29 is 8.82 Å². The lowest BCUT2D eigenvalue weighted by atomic mass is 10.1. The van der Waals surface area contributed by atoms with E-state index in [9.17, 15) is 4.39 Å². The quantitative estimate of drug-likeness (QED) is 0.440. The van der Waals surface area contributed by atoms with Crippen molar-refractivity contribution in [2.24, 2.45) is 5.73 Å². The second kappa shape index (κ2) is 9.49. The van der Waals surface area contributed by atoms with Crippen LogP contribution >= 0.6 is 0 Å². The van der Waals surface area contributed by atoms with Crippen molar-refractivity contribution in [1.29, 1.82) is 0 Å². The van der Waals surface area contributed by atoms with E-state index in [2.05, 4.69) is 33.9 Å². The second-order valence-electron chi connectivity index (χ2n) is 7.67. The number of hydrogen-bond donors (Lipinski definition) is 1. The number of benzene rings is 1. The van der Waals surface area contributed by atoms with Gasteiger partial charge in [-0.2, -0.15) is 0 Å². The van der Waals surface area contributed by atoms with Crippen LogP contribution in [0.3, 0.4) is 0 Å². The van der Waals surface area contributed by atoms with Gasteiger partial charge >= 0.3 is 0 Å². The average molecular weight is 352 g/mol. The van der Waals surface area contributed by atoms with E-state index in [4.69, 9.17) is 10.2 Å². The molecule has 0 bridgehead atoms. The van der Waals surface area contributed by atoms with Crippen molar-refractivity contribution in [3.05, 3.63) is 47.8 Å². The topological polar surface area (TPSA) is 35.2 Å². The van der Waals surface area contributed by atoms with Gasteiger partial charge in [0.25, 0.3) is 0 Å². The maximum absolute atomic E-state index is 14.1. The molecular formula is C20H34FNOSi. The summed E-state index contributed by atoms with van der Waals surface area (Å²) in [5.74, 6) is -0.241. The van der Waals surface area contributed by atoms with Gasteiger partial charge in [-0.25, -0.2) is 4.39 Å². The first-order chi connectivity index (χ1) is 11.2. The van der Waals surface area contributed by atoms with Crippen molar-refractivity contribution >= 4 is 8.32 Å². The Labute approximate surface area is 148 Å². The summed E-state index contributed by atoms with van der Waals surface area (Å²) in [5, 5.41) is 0.230. The van der Waals surface area contributed by atoms with Crippen molar-refractivity contribution in [3.8, 4) is 0 Å². The standard InChI is InChI=1S/C20H34FNOSi/c1-6-14-20(2,3)24(4,5)23-15-10-13-18(21)19(22)16-17-11-8-7-9-12-17/h7-9,11-13,19H,6,10,14-16,22H2,1-5H3/b18-13+. The minimum atomic E-state index is -1.80. The number of nitrogens with two attached hydrogens (primary N) is 1. The summed E-state index contributed by atoms with van der Waals surface area (Å²) < 4.78 is 20.3. The van der Waals surface area contributed by atoms with Crippen molar-refractivity contribution in [3.63, 3.8) is 0 Å². The Hall–Kier alpha value is -0.973. The van der Waals surface area contributed by atoms with E-state index in [0.717, 1.165) is 12.0 Å². The van der Waals surface area contributed by atoms with E-state index in [0.29, 0.717) is 19.4 Å². The number of hydrogen-bond acceptors (Lipinski definition) is 2. The SMILES string of the molecule is CCCC(C)(C)[Si](C)(C)OCC/C=C(/F)C(N)Cc1ccccc1. The predicted octanol–water partition coefficient (Wildman–Crippen LogP) is 5.60. The average Bonchev–Trinajstić information content (AvgIpc) is 2.52. The van der Waals surface area contributed by atoms with Crippen LogP contribution in [0, 0.1) is 0 Å². The molecule has 0 saturated carbocycles. The Bertz CT molecular complexity index is 514. The predicted molar refractivity (Wildman–Crippen MR) is 104 cm³/mol. The fourth-order valence-corrected chi connectivity index (χ4v) is 4.62. The zero-order valence-corrected chi connectivity index (χ0v) is 16.9. The zero-order valence-electron chi connectivity index (χ0n) is 15.9. The van der Waals surface area contributed by atoms with Gasteiger partial charge in [-0.05, 0) is 49.0 Å². The maximum atomic E-state index is 14.1. The molecule has 0 amide bonds. The first-order valence-corrected chi connectivity index (χ1v) is 11.9. The molecule has 1 unspecified atom stereocenters. The van der Waals surface area contributed by atoms with Gasteiger partial charge in [0.15, 0.2) is 8.32 Å². The largest absolute Gasteiger partial charge is 0.417 e. The van der Waals surface area contributed by atoms with Crippen LogP contribution in [-0.4, -0.2) is 21.0 Å². The molecular weight excluding hydrogens is 317 g/mol. The fourth-order valence-electron chi connectivity index (χ4n) is 2.75. The van der Waals surface area contributed by atoms with Gasteiger partial charge in [0.1, 0.15) is 5.83 Å². The molecule has 1 atom stereocenters. The normalized spacial score (nSPS) is 14.7. The van der Waals surface area contributed by atoms with E-state index in [1.165, 1.54) is 6.42 Å². The Morgan fingerprint density at radius 1 is 1.29 bits per heavy atom. The van der Waals surface area contributed by atoms with Gasteiger partial charge in [0.05, 0.1) is 6.04 Å². The van der Waals surface area contributed by atoms with Crippen molar-refractivity contribution in [2.75, 3.05) is 6.61 Å². The molecule has 24 heavy (non-hydrogen) atoms. The van der Waals surface area contributed by atoms with E-state index >= 15 is 0 Å². The van der Waals surface area contributed by atoms with Crippen LogP contribution in [0.15, 0.2) is 42.2 Å². The monoisotopic (exact) mass is 351 g/mol. The van der Waals surface area contributed by atoms with Gasteiger partial charge in [-0.3, -0.25) is 0 Å². The first kappa shape index (κ1) is 21.1. The highest BCUT2D eigenvalue weighted by atomic mass is 28.4. The molecule has 2 nitrogen and oxygen atoms in total. The van der Waals surface area contributed by atoms with Crippen LogP contribution in [0.5, 0.6) is 0 Å². The lowest BCUT2D eigenvalue weighted by Crippen LogP contribution is -2.42. The Balaban J connectivity index is 2.45. The summed E-state index contributed by atoms with van der Waals surface area (Å²) in [6, 6.07) is 9.21. The summed E-state index contributed by atoms with van der Waals surface area (Å²) >= 11 is 0. The minimum Gasteiger partial charge on any atom is -0.417 e. The molecule has 0 aliphatic heterocycles. The van der Waals surface area contributed by atoms with Gasteiger partial charge in [-0.15, -0.1) is 0 Å². The van der Waals surface area contributed by atoms with Crippen LogP contribution in [0.1, 0.15) is 45.6 Å². The molecule has 0 fully saturated rings. The molecule has 4 heteroatoms. The molecule has 0 radical (unpaired) electrons. The third-order valence-corrected chi connectivity index (χ3v) is 9.51. The van der Waals surface area contributed by atoms with Gasteiger partial charge < -0.3 is 10.2 Å². The zero-order chi connectivity index (χ0) is 18.2. The molecule has 1 aromatic rings. The third-order valence-electron chi connectivity index (χ3n) is 5.08. The van der Waals surface area contributed by atoms with Gasteiger partial charge in [0.2, 0.25) is 0 Å². The van der Waals surface area contributed by atoms with E-state index in [1.54, 1.807) is 6.08 Å². The number of halogens is 1. The molecule has 0 saturated heterocycles. The lowest BCUT2D eigenvalue weighted by molar-refractivity contribution is 0.285. The van der Waals surface area contributed by atoms with E-state index in [-0.39, 0.29) is 10.9 Å². The van der Waals surface area contributed by atoms with Crippen LogP contribution in [-0.2, 0) is 10.8 Å². The van der Waals surface area contributed by atoms with Crippen LogP contribution in [0.2, 0.25) is 18.1 Å². The Morgan fingerprint density at radius 2 is 1.92 bits per heavy atom. The molecule has 0 heterocycles. The summed E-state index contributed by atoms with van der Waals surface area (Å²) in [5.41, 5.74) is 7.01. The highest BCUT2D eigenvalue weighted by Gasteiger charge is 2.39. The Kier molecular flexibility index (Phi) is 8.34. The summed E-state index contributed by atoms with van der Waals surface area (Å²) in [6.45, 7) is 11.9. The van der Waals surface area contributed by atoms with E-state index < -0.39 is 14.4 Å². The van der Waals surface area contributed by atoms with E-state index in [1.807, 2.05) is 30.3 Å². The van der Waals surface area contributed by atoms with Crippen molar-refractivity contribution in [1.82, 2.24) is 0 Å². The van der Waals surface area contributed by atoms with Gasteiger partial charge in [-0.1, -0.05) is 57.5 Å². The summed E-state index contributed by atoms with van der Waals surface area (Å²) in [4.78, 5) is 0. The molecule has 136 valence electrons. The van der Waals surface area contributed by atoms with Crippen LogP contribution in [0.25, 0.3) is 0 Å². The van der Waals surface area contributed by atoms with Gasteiger partial charge in [0, 0.05) is 6.61 Å². The second-order valence-corrected chi connectivity index (χ2v) is 12.3. The third kappa shape index (κ3) is 6.50. The summed E-state index contributed by atoms with van der Waals surface area (Å²) in [7, 11) is -1.80. The molecule has 2 N–H and O–H groups in total. The number of rotatable bonds is 10. The molecule has 1 aromatic carbocycles. The highest BCUT2D eigenvalue weighted by molar-refractivity contribution is 6.74. The maximum Gasteiger partial charge on any atom is 0.192 e. The molecule has 0 aliphatic rings.